The summed E-state index contributed by atoms with van der Waals surface area (Å²) in [4.78, 5) is 15.7. The van der Waals surface area contributed by atoms with Crippen molar-refractivity contribution in [2.24, 2.45) is 7.05 Å². The van der Waals surface area contributed by atoms with E-state index < -0.39 is 29.1 Å². The third-order valence-electron chi connectivity index (χ3n) is 2.13. The summed E-state index contributed by atoms with van der Waals surface area (Å²) in [6.07, 6.45) is 2.76. The van der Waals surface area contributed by atoms with Crippen LogP contribution in [0, 0.1) is 0 Å². The fourth-order valence-electron chi connectivity index (χ4n) is 1.37. The van der Waals surface area contributed by atoms with Crippen molar-refractivity contribution in [3.8, 4) is 0 Å². The Hall–Kier alpha value is -0.500. The summed E-state index contributed by atoms with van der Waals surface area (Å²) in [5.41, 5.74) is 0.404. The van der Waals surface area contributed by atoms with E-state index in [1.54, 1.807) is 23.9 Å². The molecular formula is C8H13ClNO6PS. The van der Waals surface area contributed by atoms with Crippen molar-refractivity contribution >= 4 is 17.7 Å². The molecule has 0 radical (unpaired) electrons. The van der Waals surface area contributed by atoms with E-state index in [1.165, 1.54) is 12.3 Å². The van der Waals surface area contributed by atoms with Crippen LogP contribution >= 0.6 is 7.60 Å². The molecule has 1 rings (SSSR count). The van der Waals surface area contributed by atoms with Crippen molar-refractivity contribution in [1.29, 1.82) is 0 Å². The summed E-state index contributed by atoms with van der Waals surface area (Å²) in [5.74, 6) is 0. The van der Waals surface area contributed by atoms with Gasteiger partial charge in [-0.05, 0) is 6.07 Å². The Bertz CT molecular complexity index is 556. The minimum Gasteiger partial charge on any atom is -1.00 e. The van der Waals surface area contributed by atoms with Gasteiger partial charge in [0.15, 0.2) is 17.4 Å². The smallest absolute Gasteiger partial charge is 0.346 e. The predicted octanol–water partition coefficient (Wildman–Crippen LogP) is -3.55. The van der Waals surface area contributed by atoms with E-state index >= 15 is 0 Å². The molecule has 0 saturated heterocycles. The van der Waals surface area contributed by atoms with Gasteiger partial charge in [0.2, 0.25) is 0 Å². The molecule has 104 valence electrons. The minimum atomic E-state index is -4.93. The number of rotatable bonds is 4. The number of halogens is 1. The van der Waals surface area contributed by atoms with E-state index in [0.29, 0.717) is 5.56 Å². The third kappa shape index (κ3) is 5.01. The first-order valence-corrected chi connectivity index (χ1v) is 7.75. The number of nitrogens with zero attached hydrogens (tertiary/aromatic N) is 1. The second-order valence-electron chi connectivity index (χ2n) is 3.64. The Balaban J connectivity index is 0.00000289. The van der Waals surface area contributed by atoms with Crippen molar-refractivity contribution in [1.82, 2.24) is 0 Å². The highest BCUT2D eigenvalue weighted by molar-refractivity contribution is 7.93. The van der Waals surface area contributed by atoms with Crippen LogP contribution in [0.15, 0.2) is 24.5 Å². The van der Waals surface area contributed by atoms with Gasteiger partial charge in [0.1, 0.15) is 7.05 Å². The van der Waals surface area contributed by atoms with Gasteiger partial charge in [-0.3, -0.25) is 9.12 Å². The summed E-state index contributed by atoms with van der Waals surface area (Å²) in [5, 5.41) is 0. The van der Waals surface area contributed by atoms with E-state index in [0.717, 1.165) is 0 Å². The molecule has 1 heterocycles. The van der Waals surface area contributed by atoms with Crippen molar-refractivity contribution in [2.45, 2.75) is 11.4 Å². The highest BCUT2D eigenvalue weighted by Gasteiger charge is 2.40. The van der Waals surface area contributed by atoms with E-state index in [1.807, 2.05) is 0 Å². The van der Waals surface area contributed by atoms with Crippen LogP contribution < -0.4 is 17.0 Å². The van der Waals surface area contributed by atoms with E-state index in [9.17, 15) is 13.0 Å². The molecular weight excluding hydrogens is 305 g/mol. The number of aryl methyl sites for hydroxylation is 1. The molecule has 0 saturated carbocycles. The lowest BCUT2D eigenvalue weighted by Gasteiger charge is -2.14. The molecule has 10 heteroatoms. The molecule has 0 spiro atoms. The van der Waals surface area contributed by atoms with Crippen LogP contribution in [0.5, 0.6) is 0 Å². The zero-order chi connectivity index (χ0) is 13.3. The topological polar surface area (TPSA) is 116 Å². The maximum Gasteiger partial charge on any atom is 0.346 e. The van der Waals surface area contributed by atoms with Crippen LogP contribution in [-0.4, -0.2) is 27.7 Å². The Labute approximate surface area is 111 Å². The summed E-state index contributed by atoms with van der Waals surface area (Å²) < 4.78 is 43.3. The Kier molecular flexibility index (Phi) is 5.93. The first-order valence-electron chi connectivity index (χ1n) is 4.56. The number of pyridine rings is 1. The normalized spacial score (nSPS) is 13.8. The van der Waals surface area contributed by atoms with Gasteiger partial charge < -0.3 is 22.2 Å². The third-order valence-corrected chi connectivity index (χ3v) is 5.54. The first-order chi connectivity index (χ1) is 7.60. The van der Waals surface area contributed by atoms with Crippen LogP contribution in [0.1, 0.15) is 5.56 Å². The summed E-state index contributed by atoms with van der Waals surface area (Å²) in [6, 6.07) is 3.13. The number of hydrogen-bond acceptors (Lipinski definition) is 3. The van der Waals surface area contributed by atoms with E-state index in [2.05, 4.69) is 0 Å². The molecule has 0 aromatic carbocycles. The second kappa shape index (κ2) is 6.10. The van der Waals surface area contributed by atoms with Crippen LogP contribution in [0.2, 0.25) is 0 Å². The van der Waals surface area contributed by atoms with E-state index in [-0.39, 0.29) is 12.4 Å². The van der Waals surface area contributed by atoms with E-state index in [4.69, 9.17) is 14.3 Å². The maximum atomic E-state index is 11.0. The lowest BCUT2D eigenvalue weighted by Crippen LogP contribution is -3.00. The molecule has 1 aromatic heterocycles. The SMILES string of the molecule is C[n+]1cccc(CC(P(=O)(O)O)S(=O)(=O)O)c1.[Cl-]. The largest absolute Gasteiger partial charge is 1.00 e. The first kappa shape index (κ1) is 17.5. The summed E-state index contributed by atoms with van der Waals surface area (Å²) in [7, 11) is -8.05. The molecule has 0 amide bonds. The average molecular weight is 318 g/mol. The summed E-state index contributed by atoms with van der Waals surface area (Å²) in [6.45, 7) is 0. The molecule has 0 bridgehead atoms. The zero-order valence-electron chi connectivity index (χ0n) is 9.34. The number of aromatic nitrogens is 1. The average Bonchev–Trinajstić information content (AvgIpc) is 2.10. The quantitative estimate of drug-likeness (QED) is 0.301. The van der Waals surface area contributed by atoms with Gasteiger partial charge in [-0.15, -0.1) is 0 Å². The fraction of sp³-hybridized carbons (Fsp3) is 0.375. The standard InChI is InChI=1S/C8H12NO6PS.ClH/c1-9-4-2-3-7(6-9)5-8(16(10,11)12)17(13,14)15;/h2-4,6,8H,5H2,1H3,(H2-,10,11,12,13,14,15);1H. The molecule has 0 fully saturated rings. The molecule has 0 aliphatic carbocycles. The van der Waals surface area contributed by atoms with Crippen molar-refractivity contribution in [3.05, 3.63) is 30.1 Å². The molecule has 1 unspecified atom stereocenters. The van der Waals surface area contributed by atoms with Crippen LogP contribution in [0.3, 0.4) is 0 Å². The fourth-order valence-corrected chi connectivity index (χ4v) is 3.61. The molecule has 18 heavy (non-hydrogen) atoms. The van der Waals surface area contributed by atoms with Crippen LogP contribution in [0.4, 0.5) is 0 Å². The van der Waals surface area contributed by atoms with Crippen molar-refractivity contribution < 1.29 is 44.3 Å². The highest BCUT2D eigenvalue weighted by Crippen LogP contribution is 2.45. The maximum absolute atomic E-state index is 11.0. The lowest BCUT2D eigenvalue weighted by atomic mass is 10.2. The van der Waals surface area contributed by atoms with Gasteiger partial charge in [0, 0.05) is 18.1 Å². The molecule has 0 aliphatic heterocycles. The van der Waals surface area contributed by atoms with Gasteiger partial charge in [0.05, 0.1) is 0 Å². The number of hydrogen-bond donors (Lipinski definition) is 3. The van der Waals surface area contributed by atoms with Gasteiger partial charge in [-0.25, -0.2) is 4.57 Å². The molecule has 7 nitrogen and oxygen atoms in total. The molecule has 0 aliphatic rings. The van der Waals surface area contributed by atoms with Gasteiger partial charge in [-0.2, -0.15) is 8.42 Å². The van der Waals surface area contributed by atoms with Gasteiger partial charge >= 0.3 is 7.60 Å². The monoisotopic (exact) mass is 317 g/mol. The Morgan fingerprint density at radius 1 is 1.44 bits per heavy atom. The highest BCUT2D eigenvalue weighted by atomic mass is 35.5. The lowest BCUT2D eigenvalue weighted by molar-refractivity contribution is -0.671. The van der Waals surface area contributed by atoms with Crippen LogP contribution in [-0.2, 0) is 28.2 Å². The molecule has 1 atom stereocenters. The summed E-state index contributed by atoms with van der Waals surface area (Å²) >= 11 is 0. The predicted molar refractivity (Wildman–Crippen MR) is 58.7 cm³/mol. The zero-order valence-corrected chi connectivity index (χ0v) is 11.8. The van der Waals surface area contributed by atoms with Gasteiger partial charge in [-0.1, -0.05) is 0 Å². The van der Waals surface area contributed by atoms with Crippen molar-refractivity contribution in [2.75, 3.05) is 0 Å². The Morgan fingerprint density at radius 2 is 2.00 bits per heavy atom. The Morgan fingerprint density at radius 3 is 2.39 bits per heavy atom. The van der Waals surface area contributed by atoms with Gasteiger partial charge in [0.25, 0.3) is 10.1 Å². The molecule has 3 N–H and O–H groups in total. The molecule has 1 aromatic rings. The minimum absolute atomic E-state index is 0. The van der Waals surface area contributed by atoms with Crippen molar-refractivity contribution in [3.63, 3.8) is 0 Å². The van der Waals surface area contributed by atoms with Crippen LogP contribution in [0.25, 0.3) is 0 Å². The second-order valence-corrected chi connectivity index (χ2v) is 7.39.